The van der Waals surface area contributed by atoms with E-state index in [1.165, 1.54) is 10.8 Å². The molecule has 0 unspecified atom stereocenters. The Morgan fingerprint density at radius 2 is 1.43 bits per heavy atom. The van der Waals surface area contributed by atoms with Crippen LogP contribution in [0.2, 0.25) is 0 Å². The zero-order valence-electron chi connectivity index (χ0n) is 12.1. The summed E-state index contributed by atoms with van der Waals surface area (Å²) in [6.07, 6.45) is 0. The number of hydrogen-bond donors (Lipinski definition) is 1. The molecule has 2 nitrogen and oxygen atoms in total. The standard InChI is InChI=1S/C19H18N2/c1-2-21(19-13-5-3-4-12-17(19)20)18-14-8-10-15-9-6-7-11-16(15)18/h3-14,20H,2H2,1H3. The molecule has 0 aliphatic carbocycles. The zero-order chi connectivity index (χ0) is 14.7. The van der Waals surface area contributed by atoms with Crippen LogP contribution >= 0.6 is 0 Å². The van der Waals surface area contributed by atoms with E-state index in [-0.39, 0.29) is 0 Å². The molecule has 0 spiro atoms. The van der Waals surface area contributed by atoms with Crippen LogP contribution in [0.5, 0.6) is 0 Å². The fraction of sp³-hybridized carbons (Fsp3) is 0.105. The van der Waals surface area contributed by atoms with Crippen molar-refractivity contribution in [1.29, 1.82) is 5.41 Å². The highest BCUT2D eigenvalue weighted by Gasteiger charge is 2.11. The summed E-state index contributed by atoms with van der Waals surface area (Å²) in [5.41, 5.74) is 2.08. The summed E-state index contributed by atoms with van der Waals surface area (Å²) in [5.74, 6) is 0. The van der Waals surface area contributed by atoms with Crippen LogP contribution in [0.4, 0.5) is 11.4 Å². The Morgan fingerprint density at radius 3 is 2.29 bits per heavy atom. The van der Waals surface area contributed by atoms with Gasteiger partial charge in [0.2, 0.25) is 0 Å². The van der Waals surface area contributed by atoms with Gasteiger partial charge in [-0.3, -0.25) is 5.41 Å². The molecule has 0 radical (unpaired) electrons. The summed E-state index contributed by atoms with van der Waals surface area (Å²) in [6, 6.07) is 24.4. The summed E-state index contributed by atoms with van der Waals surface area (Å²) >= 11 is 0. The first-order valence-electron chi connectivity index (χ1n) is 7.20. The van der Waals surface area contributed by atoms with Gasteiger partial charge in [0.15, 0.2) is 0 Å². The van der Waals surface area contributed by atoms with Crippen molar-refractivity contribution in [3.63, 3.8) is 0 Å². The Balaban J connectivity index is 2.24. The monoisotopic (exact) mass is 274 g/mol. The number of hydrogen-bond acceptors (Lipinski definition) is 2. The Morgan fingerprint density at radius 1 is 0.762 bits per heavy atom. The molecule has 0 fully saturated rings. The number of fused-ring (bicyclic) bond motifs is 1. The summed E-state index contributed by atoms with van der Waals surface area (Å²) in [4.78, 5) is 2.20. The second-order valence-corrected chi connectivity index (χ2v) is 4.95. The Bertz CT molecular complexity index is 819. The maximum Gasteiger partial charge on any atom is 0.0776 e. The lowest BCUT2D eigenvalue weighted by molar-refractivity contribution is 1.01. The van der Waals surface area contributed by atoms with Crippen molar-refractivity contribution < 1.29 is 0 Å². The van der Waals surface area contributed by atoms with E-state index in [4.69, 9.17) is 5.41 Å². The van der Waals surface area contributed by atoms with Gasteiger partial charge < -0.3 is 4.90 Å². The van der Waals surface area contributed by atoms with Crippen LogP contribution in [-0.2, 0) is 0 Å². The minimum absolute atomic E-state index is 0.537. The van der Waals surface area contributed by atoms with Gasteiger partial charge in [-0.1, -0.05) is 54.6 Å². The second-order valence-electron chi connectivity index (χ2n) is 4.95. The first-order chi connectivity index (χ1) is 10.3. The summed E-state index contributed by atoms with van der Waals surface area (Å²) in [5, 5.41) is 11.2. The van der Waals surface area contributed by atoms with Crippen LogP contribution in [-0.4, -0.2) is 6.54 Å². The topological polar surface area (TPSA) is 27.1 Å². The summed E-state index contributed by atoms with van der Waals surface area (Å²) < 4.78 is 0. The van der Waals surface area contributed by atoms with E-state index in [1.54, 1.807) is 0 Å². The maximum atomic E-state index is 8.24. The molecule has 2 heteroatoms. The minimum atomic E-state index is 0.537. The van der Waals surface area contributed by atoms with Crippen molar-refractivity contribution in [3.8, 4) is 0 Å². The highest BCUT2D eigenvalue weighted by Crippen LogP contribution is 2.30. The van der Waals surface area contributed by atoms with Crippen LogP contribution in [0.1, 0.15) is 6.92 Å². The molecular weight excluding hydrogens is 256 g/mol. The molecule has 0 aromatic heterocycles. The molecule has 0 aliphatic rings. The summed E-state index contributed by atoms with van der Waals surface area (Å²) in [7, 11) is 0. The molecule has 0 bridgehead atoms. The van der Waals surface area contributed by atoms with Gasteiger partial charge in [-0.05, 0) is 30.5 Å². The lowest BCUT2D eigenvalue weighted by Gasteiger charge is -2.24. The fourth-order valence-corrected chi connectivity index (χ4v) is 2.69. The molecule has 1 N–H and O–H groups in total. The van der Waals surface area contributed by atoms with E-state index in [2.05, 4.69) is 54.3 Å². The average Bonchev–Trinajstić information content (AvgIpc) is 2.74. The van der Waals surface area contributed by atoms with E-state index in [1.807, 2.05) is 30.3 Å². The van der Waals surface area contributed by atoms with Gasteiger partial charge in [-0.15, -0.1) is 0 Å². The number of nitrogens with zero attached hydrogens (tertiary/aromatic N) is 1. The van der Waals surface area contributed by atoms with Gasteiger partial charge in [-0.25, -0.2) is 0 Å². The van der Waals surface area contributed by atoms with E-state index in [0.717, 1.165) is 17.9 Å². The molecule has 0 saturated carbocycles. The van der Waals surface area contributed by atoms with Crippen LogP contribution in [0, 0.1) is 5.41 Å². The number of rotatable bonds is 3. The lowest BCUT2D eigenvalue weighted by atomic mass is 10.1. The van der Waals surface area contributed by atoms with Crippen LogP contribution in [0.25, 0.3) is 10.8 Å². The van der Waals surface area contributed by atoms with Crippen molar-refractivity contribution in [2.75, 3.05) is 11.4 Å². The smallest absolute Gasteiger partial charge is 0.0776 e. The van der Waals surface area contributed by atoms with Crippen molar-refractivity contribution in [2.24, 2.45) is 0 Å². The molecule has 21 heavy (non-hydrogen) atoms. The predicted octanol–water partition coefficient (Wildman–Crippen LogP) is 4.48. The van der Waals surface area contributed by atoms with Crippen LogP contribution in [0.3, 0.4) is 0 Å². The molecule has 0 atom stereocenters. The third-order valence-corrected chi connectivity index (χ3v) is 3.68. The van der Waals surface area contributed by atoms with Crippen molar-refractivity contribution >= 4 is 22.1 Å². The number of benzene rings is 2. The molecule has 0 amide bonds. The molecule has 0 saturated heterocycles. The highest BCUT2D eigenvalue weighted by atomic mass is 15.1. The summed E-state index contributed by atoms with van der Waals surface area (Å²) in [6.45, 7) is 2.94. The average molecular weight is 274 g/mol. The molecule has 104 valence electrons. The van der Waals surface area contributed by atoms with Gasteiger partial charge in [0.1, 0.15) is 0 Å². The van der Waals surface area contributed by atoms with Gasteiger partial charge in [0.05, 0.1) is 11.0 Å². The van der Waals surface area contributed by atoms with Crippen molar-refractivity contribution in [1.82, 2.24) is 0 Å². The minimum Gasteiger partial charge on any atom is -0.340 e. The Hall–Kier alpha value is -2.61. The zero-order valence-corrected chi connectivity index (χ0v) is 12.1. The molecule has 3 rings (SSSR count). The van der Waals surface area contributed by atoms with Crippen LogP contribution < -0.4 is 10.3 Å². The molecule has 0 heterocycles. The Kier molecular flexibility index (Phi) is 3.69. The molecular formula is C19H18N2. The number of anilines is 2. The third-order valence-electron chi connectivity index (χ3n) is 3.68. The second kappa shape index (κ2) is 5.80. The largest absolute Gasteiger partial charge is 0.340 e. The van der Waals surface area contributed by atoms with Gasteiger partial charge >= 0.3 is 0 Å². The van der Waals surface area contributed by atoms with E-state index >= 15 is 0 Å². The van der Waals surface area contributed by atoms with Crippen molar-refractivity contribution in [2.45, 2.75) is 6.92 Å². The maximum absolute atomic E-state index is 8.24. The number of nitrogens with one attached hydrogen (secondary N) is 1. The SMILES string of the molecule is CCN(c1cccccc1=N)c1cccc2ccccc12. The van der Waals surface area contributed by atoms with Crippen LogP contribution in [0.15, 0.2) is 72.8 Å². The highest BCUT2D eigenvalue weighted by molar-refractivity contribution is 5.96. The predicted molar refractivity (Wildman–Crippen MR) is 88.9 cm³/mol. The van der Waals surface area contributed by atoms with Gasteiger partial charge in [-0.2, -0.15) is 0 Å². The molecule has 0 aliphatic heterocycles. The van der Waals surface area contributed by atoms with E-state index in [9.17, 15) is 0 Å². The first-order valence-corrected chi connectivity index (χ1v) is 7.20. The van der Waals surface area contributed by atoms with E-state index < -0.39 is 0 Å². The molecule has 3 aromatic carbocycles. The van der Waals surface area contributed by atoms with E-state index in [0.29, 0.717) is 5.36 Å². The normalized spacial score (nSPS) is 10.5. The fourth-order valence-electron chi connectivity index (χ4n) is 2.69. The van der Waals surface area contributed by atoms with Gasteiger partial charge in [0, 0.05) is 17.6 Å². The third kappa shape index (κ3) is 2.52. The van der Waals surface area contributed by atoms with Crippen molar-refractivity contribution in [3.05, 3.63) is 78.2 Å². The Labute approximate surface area is 124 Å². The lowest BCUT2D eigenvalue weighted by Crippen LogP contribution is -2.21. The molecule has 3 aromatic rings. The first kappa shape index (κ1) is 13.4. The quantitative estimate of drug-likeness (QED) is 0.749. The van der Waals surface area contributed by atoms with Gasteiger partial charge in [0.25, 0.3) is 0 Å².